The van der Waals surface area contributed by atoms with Crippen LogP contribution in [-0.4, -0.2) is 15.0 Å². The first-order valence-electron chi connectivity index (χ1n) is 17.9. The van der Waals surface area contributed by atoms with Crippen molar-refractivity contribution >= 4 is 0 Å². The van der Waals surface area contributed by atoms with Crippen molar-refractivity contribution in [2.75, 3.05) is 0 Å². The highest BCUT2D eigenvalue weighted by atomic mass is 16.6. The standard InChI is InChI=1S/C48H33N3O2/c1-48(2)38-26-14-13-24-37(38)42-39(48)28-29-41-44(42)53-43-34(25-15-27-40(43)52-41)33-21-10-12-23-36(33)47-50-45(31-18-7-4-8-19-31)49-46(51-47)35-22-11-9-20-32(35)30-16-5-3-6-17-30/h3-29H,1-2H3. The van der Waals surface area contributed by atoms with Gasteiger partial charge in [0.05, 0.1) is 0 Å². The first kappa shape index (κ1) is 30.9. The summed E-state index contributed by atoms with van der Waals surface area (Å²) in [7, 11) is 0. The van der Waals surface area contributed by atoms with E-state index in [1.54, 1.807) is 0 Å². The Bertz CT molecular complexity index is 2700. The zero-order valence-electron chi connectivity index (χ0n) is 29.2. The van der Waals surface area contributed by atoms with E-state index in [1.165, 1.54) is 16.7 Å². The second kappa shape index (κ2) is 12.1. The van der Waals surface area contributed by atoms with Crippen LogP contribution in [0, 0.1) is 0 Å². The topological polar surface area (TPSA) is 57.1 Å². The zero-order valence-corrected chi connectivity index (χ0v) is 29.2. The Morgan fingerprint density at radius 1 is 0.358 bits per heavy atom. The minimum atomic E-state index is -0.164. The molecule has 53 heavy (non-hydrogen) atoms. The van der Waals surface area contributed by atoms with Crippen molar-refractivity contribution in [3.63, 3.8) is 0 Å². The Morgan fingerprint density at radius 2 is 0.887 bits per heavy atom. The predicted octanol–water partition coefficient (Wildman–Crippen LogP) is 12.4. The maximum absolute atomic E-state index is 7.02. The molecule has 0 amide bonds. The van der Waals surface area contributed by atoms with Gasteiger partial charge >= 0.3 is 0 Å². The SMILES string of the molecule is CC1(C)c2ccccc2-c2c1ccc1c2Oc2c(cccc2-c2ccccc2-c2nc(-c3ccccc3)nc(-c3ccccc3-c3ccccc3)n2)O1. The maximum Gasteiger partial charge on any atom is 0.178 e. The Hall–Kier alpha value is -6.85. The van der Waals surface area contributed by atoms with E-state index in [1.807, 2.05) is 72.8 Å². The fourth-order valence-electron chi connectivity index (χ4n) is 7.85. The Labute approximate surface area is 308 Å². The summed E-state index contributed by atoms with van der Waals surface area (Å²) in [6, 6.07) is 55.8. The third kappa shape index (κ3) is 5.04. The molecule has 7 aromatic carbocycles. The van der Waals surface area contributed by atoms with Gasteiger partial charge in [0.2, 0.25) is 0 Å². The minimum absolute atomic E-state index is 0.164. The molecule has 1 aromatic heterocycles. The first-order valence-corrected chi connectivity index (χ1v) is 17.9. The number of rotatable bonds is 5. The maximum atomic E-state index is 7.02. The molecule has 1 aliphatic heterocycles. The van der Waals surface area contributed by atoms with Gasteiger partial charge in [-0.2, -0.15) is 0 Å². The first-order chi connectivity index (χ1) is 26.0. The molecule has 5 nitrogen and oxygen atoms in total. The molecule has 0 fully saturated rings. The van der Waals surface area contributed by atoms with Gasteiger partial charge in [0.15, 0.2) is 40.5 Å². The monoisotopic (exact) mass is 683 g/mol. The Balaban J connectivity index is 1.15. The molecular formula is C48H33N3O2. The van der Waals surface area contributed by atoms with Crippen LogP contribution in [0.25, 0.3) is 67.5 Å². The lowest BCUT2D eigenvalue weighted by Gasteiger charge is -2.26. The molecule has 10 rings (SSSR count). The van der Waals surface area contributed by atoms with Gasteiger partial charge < -0.3 is 9.47 Å². The normalized spacial score (nSPS) is 13.2. The van der Waals surface area contributed by atoms with Crippen molar-refractivity contribution in [2.45, 2.75) is 19.3 Å². The molecule has 252 valence electrons. The number of para-hydroxylation sites is 1. The number of hydrogen-bond donors (Lipinski definition) is 0. The summed E-state index contributed by atoms with van der Waals surface area (Å²) in [6.07, 6.45) is 0. The lowest BCUT2D eigenvalue weighted by atomic mass is 9.82. The highest BCUT2D eigenvalue weighted by Crippen LogP contribution is 2.59. The van der Waals surface area contributed by atoms with E-state index in [9.17, 15) is 0 Å². The number of benzene rings is 7. The van der Waals surface area contributed by atoms with Crippen LogP contribution in [0.2, 0.25) is 0 Å². The van der Waals surface area contributed by atoms with Crippen LogP contribution in [-0.2, 0) is 5.41 Å². The summed E-state index contributed by atoms with van der Waals surface area (Å²) >= 11 is 0. The minimum Gasteiger partial charge on any atom is -0.449 e. The summed E-state index contributed by atoms with van der Waals surface area (Å²) in [5, 5.41) is 0. The van der Waals surface area contributed by atoms with Crippen LogP contribution >= 0.6 is 0 Å². The average molecular weight is 684 g/mol. The molecule has 0 bridgehead atoms. The van der Waals surface area contributed by atoms with Gasteiger partial charge in [-0.1, -0.05) is 166 Å². The molecule has 0 N–H and O–H groups in total. The summed E-state index contributed by atoms with van der Waals surface area (Å²) in [5.74, 6) is 4.54. The third-order valence-electron chi connectivity index (χ3n) is 10.4. The van der Waals surface area contributed by atoms with Crippen molar-refractivity contribution in [3.05, 3.63) is 175 Å². The van der Waals surface area contributed by atoms with E-state index in [0.717, 1.165) is 50.3 Å². The molecule has 0 radical (unpaired) electrons. The van der Waals surface area contributed by atoms with Gasteiger partial charge in [-0.3, -0.25) is 0 Å². The van der Waals surface area contributed by atoms with E-state index in [-0.39, 0.29) is 5.41 Å². The lowest BCUT2D eigenvalue weighted by molar-refractivity contribution is 0.361. The Kier molecular flexibility index (Phi) is 7.08. The van der Waals surface area contributed by atoms with Crippen LogP contribution in [0.3, 0.4) is 0 Å². The van der Waals surface area contributed by atoms with Crippen molar-refractivity contribution in [1.29, 1.82) is 0 Å². The fourth-order valence-corrected chi connectivity index (χ4v) is 7.85. The van der Waals surface area contributed by atoms with Gasteiger partial charge in [0, 0.05) is 33.2 Å². The van der Waals surface area contributed by atoms with Crippen LogP contribution < -0.4 is 9.47 Å². The third-order valence-corrected chi connectivity index (χ3v) is 10.4. The van der Waals surface area contributed by atoms with Crippen LogP contribution in [0.4, 0.5) is 0 Å². The van der Waals surface area contributed by atoms with E-state index in [4.69, 9.17) is 24.4 Å². The van der Waals surface area contributed by atoms with Crippen molar-refractivity contribution in [1.82, 2.24) is 15.0 Å². The molecule has 8 aromatic rings. The fraction of sp³-hybridized carbons (Fsp3) is 0.0625. The van der Waals surface area contributed by atoms with E-state index < -0.39 is 0 Å². The summed E-state index contributed by atoms with van der Waals surface area (Å²) in [6.45, 7) is 4.54. The molecule has 2 heterocycles. The van der Waals surface area contributed by atoms with Gasteiger partial charge in [0.25, 0.3) is 0 Å². The number of ether oxygens (including phenoxy) is 2. The Morgan fingerprint density at radius 3 is 1.60 bits per heavy atom. The lowest BCUT2D eigenvalue weighted by Crippen LogP contribution is -2.15. The molecule has 0 atom stereocenters. The number of aromatic nitrogens is 3. The van der Waals surface area contributed by atoms with Gasteiger partial charge in [0.1, 0.15) is 0 Å². The summed E-state index contributed by atoms with van der Waals surface area (Å²) in [5.41, 5.74) is 11.3. The molecule has 1 aliphatic carbocycles. The second-order valence-corrected chi connectivity index (χ2v) is 14.0. The summed E-state index contributed by atoms with van der Waals surface area (Å²) in [4.78, 5) is 15.4. The highest BCUT2D eigenvalue weighted by Gasteiger charge is 2.40. The molecule has 0 saturated carbocycles. The summed E-state index contributed by atoms with van der Waals surface area (Å²) < 4.78 is 13.7. The zero-order chi connectivity index (χ0) is 35.5. The van der Waals surface area contributed by atoms with Gasteiger partial charge in [-0.05, 0) is 45.5 Å². The van der Waals surface area contributed by atoms with E-state index in [0.29, 0.717) is 34.7 Å². The van der Waals surface area contributed by atoms with Crippen LogP contribution in [0.1, 0.15) is 25.0 Å². The van der Waals surface area contributed by atoms with Crippen LogP contribution in [0.15, 0.2) is 164 Å². The largest absolute Gasteiger partial charge is 0.449 e. The van der Waals surface area contributed by atoms with Crippen molar-refractivity contribution < 1.29 is 9.47 Å². The van der Waals surface area contributed by atoms with E-state index >= 15 is 0 Å². The molecular weight excluding hydrogens is 651 g/mol. The van der Waals surface area contributed by atoms with Crippen LogP contribution in [0.5, 0.6) is 23.0 Å². The van der Waals surface area contributed by atoms with Gasteiger partial charge in [-0.25, -0.2) is 15.0 Å². The smallest absolute Gasteiger partial charge is 0.178 e. The van der Waals surface area contributed by atoms with Crippen molar-refractivity contribution in [3.8, 4) is 90.5 Å². The number of nitrogens with zero attached hydrogens (tertiary/aromatic N) is 3. The average Bonchev–Trinajstić information content (AvgIpc) is 3.46. The van der Waals surface area contributed by atoms with Gasteiger partial charge in [-0.15, -0.1) is 0 Å². The molecule has 0 saturated heterocycles. The number of fused-ring (bicyclic) bond motifs is 6. The quantitative estimate of drug-likeness (QED) is 0.181. The number of hydrogen-bond acceptors (Lipinski definition) is 5. The second-order valence-electron chi connectivity index (χ2n) is 14.0. The predicted molar refractivity (Wildman–Crippen MR) is 211 cm³/mol. The molecule has 2 aliphatic rings. The van der Waals surface area contributed by atoms with Crippen molar-refractivity contribution in [2.24, 2.45) is 0 Å². The highest BCUT2D eigenvalue weighted by molar-refractivity contribution is 5.91. The molecule has 0 spiro atoms. The molecule has 0 unspecified atom stereocenters. The van der Waals surface area contributed by atoms with E-state index in [2.05, 4.69) is 105 Å². The molecule has 5 heteroatoms.